The Morgan fingerprint density at radius 3 is 2.28 bits per heavy atom. The Hall–Kier alpha value is -4.05. The molecule has 0 saturated carbocycles. The number of ether oxygens (including phenoxy) is 2. The summed E-state index contributed by atoms with van der Waals surface area (Å²) in [5.74, 6) is 0.147. The van der Waals surface area contributed by atoms with Crippen LogP contribution in [-0.2, 0) is 32.6 Å². The summed E-state index contributed by atoms with van der Waals surface area (Å²) in [6.07, 6.45) is 0.271. The highest BCUT2D eigenvalue weighted by Crippen LogP contribution is 2.35. The lowest BCUT2D eigenvalue weighted by atomic mass is 10.0. The first kappa shape index (κ1) is 31.9. The predicted molar refractivity (Wildman–Crippen MR) is 168 cm³/mol. The van der Waals surface area contributed by atoms with E-state index in [2.05, 4.69) is 5.32 Å². The summed E-state index contributed by atoms with van der Waals surface area (Å²) in [5, 5.41) is 3.00. The zero-order valence-electron chi connectivity index (χ0n) is 25.3. The fourth-order valence-electron chi connectivity index (χ4n) is 4.89. The second-order valence-electron chi connectivity index (χ2n) is 11.1. The smallest absolute Gasteiger partial charge is 0.244 e. The van der Waals surface area contributed by atoms with E-state index in [-0.39, 0.29) is 30.5 Å². The monoisotopic (exact) mass is 607 g/mol. The van der Waals surface area contributed by atoms with Gasteiger partial charge in [-0.2, -0.15) is 0 Å². The van der Waals surface area contributed by atoms with E-state index in [0.29, 0.717) is 36.9 Å². The lowest BCUT2D eigenvalue weighted by Gasteiger charge is -2.34. The van der Waals surface area contributed by atoms with Crippen molar-refractivity contribution in [1.29, 1.82) is 0 Å². The molecule has 10 heteroatoms. The molecule has 0 saturated heterocycles. The molecule has 1 atom stereocenters. The molecule has 1 aliphatic rings. The third-order valence-electron chi connectivity index (χ3n) is 7.18. The number of sulfonamides is 1. The van der Waals surface area contributed by atoms with Gasteiger partial charge in [0.15, 0.2) is 11.5 Å². The Morgan fingerprint density at radius 2 is 1.60 bits per heavy atom. The Kier molecular flexibility index (Phi) is 10.7. The van der Waals surface area contributed by atoms with Gasteiger partial charge in [0.25, 0.3) is 0 Å². The van der Waals surface area contributed by atoms with E-state index in [4.69, 9.17) is 9.47 Å². The summed E-state index contributed by atoms with van der Waals surface area (Å²) in [7, 11) is -3.89. The van der Waals surface area contributed by atoms with Crippen molar-refractivity contribution >= 4 is 27.5 Å². The first-order valence-electron chi connectivity index (χ1n) is 14.6. The number of hydrogen-bond acceptors (Lipinski definition) is 6. The number of nitrogens with zero attached hydrogens (tertiary/aromatic N) is 2. The van der Waals surface area contributed by atoms with Gasteiger partial charge in [-0.15, -0.1) is 0 Å². The van der Waals surface area contributed by atoms with E-state index in [0.717, 1.165) is 21.0 Å². The van der Waals surface area contributed by atoms with Gasteiger partial charge in [0.1, 0.15) is 25.8 Å². The predicted octanol–water partition coefficient (Wildman–Crippen LogP) is 4.33. The maximum absolute atomic E-state index is 14.3. The Bertz CT molecular complexity index is 1510. The Balaban J connectivity index is 1.74. The third-order valence-corrected chi connectivity index (χ3v) is 8.93. The van der Waals surface area contributed by atoms with Crippen LogP contribution in [0.25, 0.3) is 0 Å². The molecule has 9 nitrogen and oxygen atoms in total. The largest absolute Gasteiger partial charge is 0.486 e. The van der Waals surface area contributed by atoms with Crippen LogP contribution in [0.4, 0.5) is 5.69 Å². The topological polar surface area (TPSA) is 105 Å². The highest BCUT2D eigenvalue weighted by molar-refractivity contribution is 7.92. The maximum atomic E-state index is 14.3. The number of fused-ring (bicyclic) bond motifs is 1. The number of carbonyl (C=O) groups excluding carboxylic acids is 2. The molecule has 1 aliphatic heterocycles. The van der Waals surface area contributed by atoms with Gasteiger partial charge in [0.2, 0.25) is 21.8 Å². The number of carbonyl (C=O) groups is 2. The molecule has 0 unspecified atom stereocenters. The number of anilines is 1. The minimum Gasteiger partial charge on any atom is -0.486 e. The molecule has 0 aromatic heterocycles. The molecular formula is C33H41N3O6S. The summed E-state index contributed by atoms with van der Waals surface area (Å²) in [5.41, 5.74) is 3.03. The third kappa shape index (κ3) is 8.50. The van der Waals surface area contributed by atoms with Crippen molar-refractivity contribution in [2.75, 3.05) is 36.4 Å². The van der Waals surface area contributed by atoms with Gasteiger partial charge in [-0.3, -0.25) is 13.9 Å². The van der Waals surface area contributed by atoms with Gasteiger partial charge < -0.3 is 19.7 Å². The zero-order valence-corrected chi connectivity index (χ0v) is 26.1. The van der Waals surface area contributed by atoms with E-state index in [1.54, 1.807) is 18.2 Å². The lowest BCUT2D eigenvalue weighted by molar-refractivity contribution is -0.140. The summed E-state index contributed by atoms with van der Waals surface area (Å²) < 4.78 is 39.2. The van der Waals surface area contributed by atoms with Crippen molar-refractivity contribution in [3.05, 3.63) is 89.5 Å². The number of amides is 2. The molecule has 43 heavy (non-hydrogen) atoms. The molecular weight excluding hydrogens is 566 g/mol. The molecule has 1 heterocycles. The molecule has 0 aliphatic carbocycles. The normalized spacial score (nSPS) is 13.3. The van der Waals surface area contributed by atoms with Crippen LogP contribution < -0.4 is 19.1 Å². The van der Waals surface area contributed by atoms with Crippen LogP contribution >= 0.6 is 0 Å². The van der Waals surface area contributed by atoms with Crippen LogP contribution in [0.5, 0.6) is 11.5 Å². The number of nitrogens with one attached hydrogen (secondary N) is 1. The number of rotatable bonds is 13. The second kappa shape index (κ2) is 14.4. The maximum Gasteiger partial charge on any atom is 0.244 e. The molecule has 1 N–H and O–H groups in total. The Morgan fingerprint density at radius 1 is 0.907 bits per heavy atom. The van der Waals surface area contributed by atoms with Crippen LogP contribution in [0.2, 0.25) is 0 Å². The fourth-order valence-corrected chi connectivity index (χ4v) is 5.94. The van der Waals surface area contributed by atoms with Crippen molar-refractivity contribution in [2.45, 2.75) is 46.7 Å². The highest BCUT2D eigenvalue weighted by Gasteiger charge is 2.34. The van der Waals surface area contributed by atoms with Crippen molar-refractivity contribution in [1.82, 2.24) is 10.2 Å². The number of hydrogen-bond donors (Lipinski definition) is 1. The van der Waals surface area contributed by atoms with Crippen LogP contribution in [0, 0.1) is 12.8 Å². The lowest BCUT2D eigenvalue weighted by Crippen LogP contribution is -2.54. The highest BCUT2D eigenvalue weighted by atomic mass is 32.2. The van der Waals surface area contributed by atoms with E-state index < -0.39 is 28.5 Å². The van der Waals surface area contributed by atoms with E-state index in [9.17, 15) is 18.0 Å². The molecule has 230 valence electrons. The standard InChI is InChI=1S/C33H41N3O6S/c1-5-43(39,40)36(28-14-15-30-31(20-28)42-17-16-41-30)23-32(37)35(22-27-13-9-10-25(4)18-27)29(33(38)34-21-24(2)3)19-26-11-7-6-8-12-26/h6-15,18,20,24,29H,5,16-17,19,21-23H2,1-4H3,(H,34,38)/t29-/m1/s1. The molecule has 0 fully saturated rings. The summed E-state index contributed by atoms with van der Waals surface area (Å²) >= 11 is 0. The average molecular weight is 608 g/mol. The molecule has 0 radical (unpaired) electrons. The van der Waals surface area contributed by atoms with Crippen molar-refractivity contribution in [3.8, 4) is 11.5 Å². The van der Waals surface area contributed by atoms with Gasteiger partial charge >= 0.3 is 0 Å². The molecule has 2 amide bonds. The molecule has 0 bridgehead atoms. The minimum atomic E-state index is -3.89. The molecule has 4 rings (SSSR count). The van der Waals surface area contributed by atoms with Crippen LogP contribution in [0.1, 0.15) is 37.5 Å². The second-order valence-corrected chi connectivity index (χ2v) is 13.3. The van der Waals surface area contributed by atoms with Crippen LogP contribution in [-0.4, -0.2) is 63.2 Å². The summed E-state index contributed by atoms with van der Waals surface area (Å²) in [4.78, 5) is 29.6. The van der Waals surface area contributed by atoms with Crippen LogP contribution in [0.15, 0.2) is 72.8 Å². The van der Waals surface area contributed by atoms with Crippen molar-refractivity contribution in [3.63, 3.8) is 0 Å². The average Bonchev–Trinajstić information content (AvgIpc) is 3.00. The van der Waals surface area contributed by atoms with Crippen molar-refractivity contribution in [2.24, 2.45) is 5.92 Å². The van der Waals surface area contributed by atoms with E-state index >= 15 is 0 Å². The van der Waals surface area contributed by atoms with E-state index in [1.807, 2.05) is 75.4 Å². The number of benzene rings is 3. The summed E-state index contributed by atoms with van der Waals surface area (Å²) in [6.45, 7) is 8.34. The molecule has 3 aromatic carbocycles. The SMILES string of the molecule is CCS(=O)(=O)N(CC(=O)N(Cc1cccc(C)c1)[C@H](Cc1ccccc1)C(=O)NCC(C)C)c1ccc2c(c1)OCCO2. The number of aryl methyl sites for hydroxylation is 1. The zero-order chi connectivity index (χ0) is 31.0. The summed E-state index contributed by atoms with van der Waals surface area (Å²) in [6, 6.07) is 21.2. The Labute approximate surface area is 254 Å². The minimum absolute atomic E-state index is 0.133. The van der Waals surface area contributed by atoms with Gasteiger partial charge in [0, 0.05) is 25.6 Å². The molecule has 3 aromatic rings. The van der Waals surface area contributed by atoms with Gasteiger partial charge in [-0.25, -0.2) is 8.42 Å². The van der Waals surface area contributed by atoms with Gasteiger partial charge in [-0.1, -0.05) is 74.0 Å². The van der Waals surface area contributed by atoms with Crippen LogP contribution in [0.3, 0.4) is 0 Å². The van der Waals surface area contributed by atoms with Gasteiger partial charge in [0.05, 0.1) is 11.4 Å². The fraction of sp³-hybridized carbons (Fsp3) is 0.394. The first-order valence-corrected chi connectivity index (χ1v) is 16.2. The quantitative estimate of drug-likeness (QED) is 0.310. The van der Waals surface area contributed by atoms with Crippen molar-refractivity contribution < 1.29 is 27.5 Å². The first-order chi connectivity index (χ1) is 20.6. The van der Waals surface area contributed by atoms with Gasteiger partial charge in [-0.05, 0) is 43.0 Å². The molecule has 0 spiro atoms. The van der Waals surface area contributed by atoms with E-state index in [1.165, 1.54) is 11.8 Å².